The van der Waals surface area contributed by atoms with Gasteiger partial charge >= 0.3 is 17.6 Å². The molecular weight excluding hydrogens is 288 g/mol. The van der Waals surface area contributed by atoms with Crippen molar-refractivity contribution in [2.75, 3.05) is 14.2 Å². The van der Waals surface area contributed by atoms with E-state index in [9.17, 15) is 14.4 Å². The van der Waals surface area contributed by atoms with Gasteiger partial charge in [0.15, 0.2) is 5.41 Å². The zero-order chi connectivity index (χ0) is 15.9. The smallest absolute Gasteiger partial charge is 0.336 e. The zero-order valence-electron chi connectivity index (χ0n) is 12.2. The van der Waals surface area contributed by atoms with E-state index in [1.165, 1.54) is 20.3 Å². The first-order valence-corrected chi connectivity index (χ1v) is 6.73. The monoisotopic (exact) mass is 302 g/mol. The second kappa shape index (κ2) is 4.98. The Balaban J connectivity index is 2.27. The minimum absolute atomic E-state index is 0.0471. The first-order chi connectivity index (χ1) is 10.5. The van der Waals surface area contributed by atoms with Gasteiger partial charge in [-0.1, -0.05) is 12.1 Å². The SMILES string of the molecule is COC(=O)C1(C(=O)OC)Cc2cccc3oc(=O)cc(c23)C1. The van der Waals surface area contributed by atoms with Gasteiger partial charge in [-0.25, -0.2) is 4.79 Å². The van der Waals surface area contributed by atoms with Crippen LogP contribution in [0.2, 0.25) is 0 Å². The summed E-state index contributed by atoms with van der Waals surface area (Å²) in [5.74, 6) is -1.34. The van der Waals surface area contributed by atoms with E-state index in [1.807, 2.05) is 0 Å². The van der Waals surface area contributed by atoms with Crippen molar-refractivity contribution in [3.8, 4) is 0 Å². The van der Waals surface area contributed by atoms with Crippen molar-refractivity contribution in [1.29, 1.82) is 0 Å². The van der Waals surface area contributed by atoms with Gasteiger partial charge < -0.3 is 13.9 Å². The van der Waals surface area contributed by atoms with Crippen LogP contribution in [0.5, 0.6) is 0 Å². The second-order valence-electron chi connectivity index (χ2n) is 5.30. The van der Waals surface area contributed by atoms with Crippen LogP contribution in [0, 0.1) is 5.41 Å². The van der Waals surface area contributed by atoms with Crippen molar-refractivity contribution in [2.24, 2.45) is 5.41 Å². The topological polar surface area (TPSA) is 82.8 Å². The average molecular weight is 302 g/mol. The fourth-order valence-electron chi connectivity index (χ4n) is 3.14. The molecule has 1 aliphatic carbocycles. The molecule has 1 aromatic heterocycles. The molecule has 0 saturated heterocycles. The molecule has 1 aliphatic rings. The fourth-order valence-corrected chi connectivity index (χ4v) is 3.14. The van der Waals surface area contributed by atoms with Gasteiger partial charge in [0.25, 0.3) is 0 Å². The zero-order valence-corrected chi connectivity index (χ0v) is 12.2. The van der Waals surface area contributed by atoms with E-state index < -0.39 is 23.0 Å². The van der Waals surface area contributed by atoms with Crippen molar-refractivity contribution in [3.05, 3.63) is 45.8 Å². The third kappa shape index (κ3) is 1.91. The third-order valence-corrected chi connectivity index (χ3v) is 4.07. The van der Waals surface area contributed by atoms with E-state index in [1.54, 1.807) is 18.2 Å². The van der Waals surface area contributed by atoms with Crippen molar-refractivity contribution in [2.45, 2.75) is 12.8 Å². The third-order valence-electron chi connectivity index (χ3n) is 4.07. The molecule has 2 aromatic rings. The number of rotatable bonds is 2. The number of hydrogen-bond donors (Lipinski definition) is 0. The van der Waals surface area contributed by atoms with E-state index in [2.05, 4.69) is 0 Å². The van der Waals surface area contributed by atoms with Crippen LogP contribution in [0.3, 0.4) is 0 Å². The lowest BCUT2D eigenvalue weighted by molar-refractivity contribution is -0.169. The molecule has 0 bridgehead atoms. The van der Waals surface area contributed by atoms with E-state index >= 15 is 0 Å². The van der Waals surface area contributed by atoms with Gasteiger partial charge in [-0.3, -0.25) is 9.59 Å². The highest BCUT2D eigenvalue weighted by Crippen LogP contribution is 2.40. The maximum absolute atomic E-state index is 12.3. The number of carbonyl (C=O) groups excluding carboxylic acids is 2. The summed E-state index contributed by atoms with van der Waals surface area (Å²) in [7, 11) is 2.45. The normalized spacial score (nSPS) is 15.4. The number of ether oxygens (including phenoxy) is 2. The lowest BCUT2D eigenvalue weighted by atomic mass is 9.71. The fraction of sp³-hybridized carbons (Fsp3) is 0.312. The summed E-state index contributed by atoms with van der Waals surface area (Å²) in [4.78, 5) is 36.2. The van der Waals surface area contributed by atoms with E-state index in [4.69, 9.17) is 13.9 Å². The predicted molar refractivity (Wildman–Crippen MR) is 76.4 cm³/mol. The van der Waals surface area contributed by atoms with Gasteiger partial charge in [-0.05, 0) is 17.2 Å². The van der Waals surface area contributed by atoms with E-state index in [0.717, 1.165) is 10.9 Å². The van der Waals surface area contributed by atoms with E-state index in [-0.39, 0.29) is 12.8 Å². The van der Waals surface area contributed by atoms with Gasteiger partial charge in [0, 0.05) is 24.3 Å². The maximum Gasteiger partial charge on any atom is 0.336 e. The summed E-state index contributed by atoms with van der Waals surface area (Å²) < 4.78 is 14.8. The molecule has 0 fully saturated rings. The summed E-state index contributed by atoms with van der Waals surface area (Å²) in [5, 5.41) is 0.769. The summed E-state index contributed by atoms with van der Waals surface area (Å²) in [5.41, 5.74) is -0.214. The molecule has 0 amide bonds. The molecule has 1 aromatic carbocycles. The van der Waals surface area contributed by atoms with Crippen molar-refractivity contribution < 1.29 is 23.5 Å². The summed E-state index contributed by atoms with van der Waals surface area (Å²) in [6.07, 6.45) is 0.190. The molecule has 6 nitrogen and oxygen atoms in total. The highest BCUT2D eigenvalue weighted by molar-refractivity contribution is 6.03. The summed E-state index contributed by atoms with van der Waals surface area (Å²) >= 11 is 0. The average Bonchev–Trinajstić information content (AvgIpc) is 2.52. The van der Waals surface area contributed by atoms with Gasteiger partial charge in [-0.15, -0.1) is 0 Å². The molecule has 0 saturated carbocycles. The van der Waals surface area contributed by atoms with Gasteiger partial charge in [0.05, 0.1) is 14.2 Å². The standard InChI is InChI=1S/C16H14O6/c1-20-14(18)16(15(19)21-2)7-9-4-3-5-11-13(9)10(8-16)6-12(17)22-11/h3-6H,7-8H2,1-2H3. The molecular formula is C16H14O6. The Morgan fingerprint density at radius 3 is 2.36 bits per heavy atom. The number of benzene rings is 1. The van der Waals surface area contributed by atoms with Gasteiger partial charge in [0.1, 0.15) is 5.58 Å². The van der Waals surface area contributed by atoms with Crippen LogP contribution in [0.25, 0.3) is 11.0 Å². The first-order valence-electron chi connectivity index (χ1n) is 6.73. The quantitative estimate of drug-likeness (QED) is 0.471. The predicted octanol–water partition coefficient (Wildman–Crippen LogP) is 1.22. The minimum atomic E-state index is -1.47. The Morgan fingerprint density at radius 1 is 1.09 bits per heavy atom. The molecule has 3 rings (SSSR count). The number of carbonyl (C=O) groups is 2. The van der Waals surface area contributed by atoms with Gasteiger partial charge in [-0.2, -0.15) is 0 Å². The van der Waals surface area contributed by atoms with Crippen molar-refractivity contribution in [3.63, 3.8) is 0 Å². The molecule has 6 heteroatoms. The molecule has 0 aliphatic heterocycles. The lowest BCUT2D eigenvalue weighted by Crippen LogP contribution is -2.46. The number of hydrogen-bond acceptors (Lipinski definition) is 6. The Labute approximate surface area is 125 Å². The van der Waals surface area contributed by atoms with Crippen LogP contribution in [0.15, 0.2) is 33.5 Å². The Morgan fingerprint density at radius 2 is 1.73 bits per heavy atom. The number of methoxy groups -OCH3 is 2. The summed E-state index contributed by atoms with van der Waals surface area (Å²) in [6.45, 7) is 0. The van der Waals surface area contributed by atoms with Crippen LogP contribution in [0.4, 0.5) is 0 Å². The second-order valence-corrected chi connectivity index (χ2v) is 5.30. The summed E-state index contributed by atoms with van der Waals surface area (Å²) in [6, 6.07) is 6.51. The van der Waals surface area contributed by atoms with Crippen LogP contribution < -0.4 is 5.63 Å². The van der Waals surface area contributed by atoms with Crippen LogP contribution in [0.1, 0.15) is 11.1 Å². The molecule has 0 spiro atoms. The highest BCUT2D eigenvalue weighted by Gasteiger charge is 2.51. The van der Waals surface area contributed by atoms with Crippen molar-refractivity contribution >= 4 is 22.9 Å². The first kappa shape index (κ1) is 14.3. The molecule has 114 valence electrons. The molecule has 0 unspecified atom stereocenters. The van der Waals surface area contributed by atoms with Gasteiger partial charge in [0.2, 0.25) is 0 Å². The largest absolute Gasteiger partial charge is 0.468 e. The van der Waals surface area contributed by atoms with Crippen LogP contribution in [-0.2, 0) is 31.9 Å². The Bertz CT molecular complexity index is 816. The molecule has 22 heavy (non-hydrogen) atoms. The van der Waals surface area contributed by atoms with Crippen LogP contribution >= 0.6 is 0 Å². The van der Waals surface area contributed by atoms with Crippen molar-refractivity contribution in [1.82, 2.24) is 0 Å². The Kier molecular flexibility index (Phi) is 3.24. The maximum atomic E-state index is 12.3. The number of esters is 2. The highest BCUT2D eigenvalue weighted by atomic mass is 16.5. The molecule has 0 radical (unpaired) electrons. The Hall–Kier alpha value is -2.63. The molecule has 0 atom stereocenters. The van der Waals surface area contributed by atoms with E-state index in [0.29, 0.717) is 11.1 Å². The van der Waals surface area contributed by atoms with Crippen LogP contribution in [-0.4, -0.2) is 26.2 Å². The molecule has 1 heterocycles. The minimum Gasteiger partial charge on any atom is -0.468 e. The lowest BCUT2D eigenvalue weighted by Gasteiger charge is -2.32. The molecule has 0 N–H and O–H groups in total.